The highest BCUT2D eigenvalue weighted by atomic mass is 16.5. The number of methoxy groups -OCH3 is 2. The Morgan fingerprint density at radius 2 is 0.742 bits per heavy atom. The van der Waals surface area contributed by atoms with E-state index in [2.05, 4.69) is 25.4 Å². The van der Waals surface area contributed by atoms with Crippen molar-refractivity contribution < 1.29 is 33.4 Å². The summed E-state index contributed by atoms with van der Waals surface area (Å²) in [6.07, 6.45) is 0. The fourth-order valence-corrected chi connectivity index (χ4v) is 0. The number of amides is 3. The molecule has 11 heteroatoms. The van der Waals surface area contributed by atoms with Gasteiger partial charge in [0.2, 0.25) is 17.7 Å². The summed E-state index contributed by atoms with van der Waals surface area (Å²) < 4.78 is 8.36. The lowest BCUT2D eigenvalue weighted by atomic mass is 10.6. The largest absolute Gasteiger partial charge is 0.469 e. The second kappa shape index (κ2) is 45.9. The molecule has 0 radical (unpaired) electrons. The van der Waals surface area contributed by atoms with Crippen LogP contribution >= 0.6 is 0 Å². The summed E-state index contributed by atoms with van der Waals surface area (Å²) in [6, 6.07) is 0. The highest BCUT2D eigenvalue weighted by molar-refractivity contribution is 5.73. The summed E-state index contributed by atoms with van der Waals surface area (Å²) in [6.45, 7) is 8.89. The van der Waals surface area contributed by atoms with Crippen molar-refractivity contribution in [3.8, 4) is 0 Å². The Balaban J connectivity index is -0.0000000439. The SMILES string of the molecule is CC(=O)N(C)C.CC(C)=O.CNC.CNC(C)=O.CNC(C)=O.COC.COC(C)=O. The predicted octanol–water partition coefficient (Wildman–Crippen LogP) is 0.472. The zero-order chi connectivity index (χ0) is 27.0. The van der Waals surface area contributed by atoms with Gasteiger partial charge < -0.3 is 35.1 Å². The summed E-state index contributed by atoms with van der Waals surface area (Å²) in [5.74, 6) is 0.0231. The van der Waals surface area contributed by atoms with Gasteiger partial charge >= 0.3 is 5.97 Å². The normalized spacial score (nSPS) is 6.81. The molecule has 0 atom stereocenters. The molecule has 0 heterocycles. The molecule has 0 rings (SSSR count). The monoisotopic (exact) mass is 456 g/mol. The Hall–Kier alpha value is -2.53. The Morgan fingerprint density at radius 3 is 0.742 bits per heavy atom. The first-order chi connectivity index (χ1) is 14.0. The van der Waals surface area contributed by atoms with Gasteiger partial charge in [-0.25, -0.2) is 0 Å². The van der Waals surface area contributed by atoms with Crippen LogP contribution in [0.4, 0.5) is 0 Å². The van der Waals surface area contributed by atoms with Crippen LogP contribution in [-0.4, -0.2) is 98.0 Å². The van der Waals surface area contributed by atoms with Crippen LogP contribution in [0.5, 0.6) is 0 Å². The number of nitrogens with zero attached hydrogens (tertiary/aromatic N) is 1. The maximum Gasteiger partial charge on any atom is 0.302 e. The topological polar surface area (TPSA) is 143 Å². The van der Waals surface area contributed by atoms with Crippen LogP contribution in [0.25, 0.3) is 0 Å². The molecule has 0 aromatic heterocycles. The van der Waals surface area contributed by atoms with E-state index in [1.54, 1.807) is 42.4 Å². The van der Waals surface area contributed by atoms with Crippen LogP contribution < -0.4 is 16.0 Å². The van der Waals surface area contributed by atoms with Gasteiger partial charge in [-0.05, 0) is 27.9 Å². The van der Waals surface area contributed by atoms with Gasteiger partial charge in [0, 0.05) is 70.1 Å². The van der Waals surface area contributed by atoms with Gasteiger partial charge in [-0.1, -0.05) is 0 Å². The third-order valence-corrected chi connectivity index (χ3v) is 1.62. The van der Waals surface area contributed by atoms with E-state index in [1.807, 2.05) is 14.1 Å². The number of hydrogen-bond acceptors (Lipinski definition) is 8. The van der Waals surface area contributed by atoms with Gasteiger partial charge in [0.15, 0.2) is 0 Å². The van der Waals surface area contributed by atoms with Crippen LogP contribution in [0, 0.1) is 0 Å². The third-order valence-electron chi connectivity index (χ3n) is 1.62. The molecule has 0 aliphatic rings. The van der Waals surface area contributed by atoms with Crippen LogP contribution in [0.1, 0.15) is 41.5 Å². The summed E-state index contributed by atoms with van der Waals surface area (Å²) in [7, 11) is 15.0. The van der Waals surface area contributed by atoms with Gasteiger partial charge in [0.25, 0.3) is 0 Å². The minimum atomic E-state index is -0.245. The molecule has 190 valence electrons. The summed E-state index contributed by atoms with van der Waals surface area (Å²) in [5.41, 5.74) is 0. The van der Waals surface area contributed by atoms with Crippen LogP contribution in [0.15, 0.2) is 0 Å². The summed E-state index contributed by atoms with van der Waals surface area (Å²) >= 11 is 0. The molecule has 0 saturated carbocycles. The number of ether oxygens (including phenoxy) is 2. The van der Waals surface area contributed by atoms with Crippen molar-refractivity contribution in [3.63, 3.8) is 0 Å². The molecular weight excluding hydrogens is 408 g/mol. The van der Waals surface area contributed by atoms with E-state index in [4.69, 9.17) is 0 Å². The number of Topliss-reactive ketones (excluding diaryl/α,β-unsaturated/α-hetero) is 1. The maximum absolute atomic E-state index is 10.1. The molecule has 31 heavy (non-hydrogen) atoms. The van der Waals surface area contributed by atoms with Crippen LogP contribution in [0.2, 0.25) is 0 Å². The van der Waals surface area contributed by atoms with Gasteiger partial charge in [-0.2, -0.15) is 0 Å². The Kier molecular flexibility index (Phi) is 69.1. The van der Waals surface area contributed by atoms with Crippen molar-refractivity contribution in [1.82, 2.24) is 20.9 Å². The molecule has 3 amide bonds. The number of rotatable bonds is 0. The standard InChI is InChI=1S/C4H9NO.2C3H7NO.C3H6O2.C3H6O.C2H7N.C2H6O/c1-4(6)5(2)3;2*1-3(5)4-2;1-3(4)5-2;1-3(2)4;2*1-3-2/h1-3H3;2*1-2H3,(H,4,5);1-2H3;1-2H3;3H,1-2H3;1-2H3. The van der Waals surface area contributed by atoms with Crippen LogP contribution in [0.3, 0.4) is 0 Å². The van der Waals surface area contributed by atoms with Crippen molar-refractivity contribution in [2.45, 2.75) is 41.5 Å². The van der Waals surface area contributed by atoms with E-state index in [0.29, 0.717) is 0 Å². The first kappa shape index (κ1) is 46.6. The van der Waals surface area contributed by atoms with E-state index in [-0.39, 0.29) is 29.5 Å². The van der Waals surface area contributed by atoms with Gasteiger partial charge in [0.1, 0.15) is 5.78 Å². The first-order valence-corrected chi connectivity index (χ1v) is 9.07. The molecule has 0 aromatic carbocycles. The second-order valence-corrected chi connectivity index (χ2v) is 5.54. The van der Waals surface area contributed by atoms with E-state index >= 15 is 0 Å². The molecule has 11 nitrogen and oxygen atoms in total. The van der Waals surface area contributed by atoms with Gasteiger partial charge in [-0.15, -0.1) is 0 Å². The highest BCUT2D eigenvalue weighted by Gasteiger charge is 1.87. The fourth-order valence-electron chi connectivity index (χ4n) is 0. The summed E-state index contributed by atoms with van der Waals surface area (Å²) in [4.78, 5) is 50.0. The van der Waals surface area contributed by atoms with E-state index in [1.165, 1.54) is 53.6 Å². The number of esters is 1. The smallest absolute Gasteiger partial charge is 0.302 e. The van der Waals surface area contributed by atoms with Crippen LogP contribution in [-0.2, 0) is 33.4 Å². The molecule has 0 aliphatic carbocycles. The van der Waals surface area contributed by atoms with Crippen molar-refractivity contribution in [3.05, 3.63) is 0 Å². The number of nitrogens with one attached hydrogen (secondary N) is 3. The molecule has 0 fully saturated rings. The molecular formula is C20H48N4O7. The number of hydrogen-bond donors (Lipinski definition) is 3. The Labute approximate surface area is 189 Å². The maximum atomic E-state index is 10.1. The lowest BCUT2D eigenvalue weighted by Crippen LogP contribution is -2.17. The Bertz CT molecular complexity index is 377. The second-order valence-electron chi connectivity index (χ2n) is 5.54. The average Bonchev–Trinajstić information content (AvgIpc) is 2.63. The van der Waals surface area contributed by atoms with Crippen molar-refractivity contribution in [2.75, 3.05) is 63.6 Å². The van der Waals surface area contributed by atoms with Gasteiger partial charge in [-0.3, -0.25) is 19.2 Å². The Morgan fingerprint density at radius 1 is 0.645 bits per heavy atom. The zero-order valence-electron chi connectivity index (χ0n) is 22.3. The lowest BCUT2D eigenvalue weighted by molar-refractivity contribution is -0.138. The molecule has 0 saturated heterocycles. The number of carbonyl (C=O) groups is 5. The van der Waals surface area contributed by atoms with Gasteiger partial charge in [0.05, 0.1) is 7.11 Å². The van der Waals surface area contributed by atoms with E-state index < -0.39 is 0 Å². The van der Waals surface area contributed by atoms with Crippen molar-refractivity contribution in [2.24, 2.45) is 0 Å². The molecule has 0 unspecified atom stereocenters. The molecule has 0 aliphatic heterocycles. The zero-order valence-corrected chi connectivity index (χ0v) is 22.3. The minimum absolute atomic E-state index is 0.00463. The fraction of sp³-hybridized carbons (Fsp3) is 0.750. The minimum Gasteiger partial charge on any atom is -0.469 e. The average molecular weight is 457 g/mol. The van der Waals surface area contributed by atoms with E-state index in [9.17, 15) is 24.0 Å². The molecule has 0 aromatic rings. The number of ketones is 1. The predicted molar refractivity (Wildman–Crippen MR) is 126 cm³/mol. The molecule has 0 bridgehead atoms. The molecule has 3 N–H and O–H groups in total. The molecule has 0 spiro atoms. The highest BCUT2D eigenvalue weighted by Crippen LogP contribution is 1.69. The third kappa shape index (κ3) is 319. The first-order valence-electron chi connectivity index (χ1n) is 9.07. The van der Waals surface area contributed by atoms with Crippen molar-refractivity contribution >= 4 is 29.5 Å². The number of carbonyl (C=O) groups excluding carboxylic acids is 5. The quantitative estimate of drug-likeness (QED) is 0.446. The van der Waals surface area contributed by atoms with E-state index in [0.717, 1.165) is 0 Å². The summed E-state index contributed by atoms with van der Waals surface area (Å²) in [5, 5.41) is 7.53. The lowest BCUT2D eigenvalue weighted by Gasteiger charge is -2.02. The van der Waals surface area contributed by atoms with Crippen molar-refractivity contribution in [1.29, 1.82) is 0 Å².